The molecule has 0 N–H and O–H groups in total. The zero-order chi connectivity index (χ0) is 20.5. The second-order valence-corrected chi connectivity index (χ2v) is 5.93. The first-order valence-corrected chi connectivity index (χ1v) is 8.76. The van der Waals surface area contributed by atoms with Gasteiger partial charge >= 0.3 is 11.9 Å². The Morgan fingerprint density at radius 2 is 1.57 bits per heavy atom. The Balaban J connectivity index is 1.93. The molecule has 0 heterocycles. The van der Waals surface area contributed by atoms with Crippen LogP contribution in [0, 0.1) is 17.5 Å². The van der Waals surface area contributed by atoms with Gasteiger partial charge in [0.15, 0.2) is 17.5 Å². The minimum Gasteiger partial charge on any atom is -0.423 e. The first-order valence-electron chi connectivity index (χ1n) is 8.76. The van der Waals surface area contributed by atoms with E-state index in [0.717, 1.165) is 25.7 Å². The zero-order valence-electron chi connectivity index (χ0n) is 15.2. The summed E-state index contributed by atoms with van der Waals surface area (Å²) in [6.07, 6.45) is 7.06. The highest BCUT2D eigenvalue weighted by atomic mass is 19.2. The zero-order valence-corrected chi connectivity index (χ0v) is 15.2. The molecule has 0 bridgehead atoms. The minimum atomic E-state index is -1.65. The Bertz CT molecular complexity index is 837. The highest BCUT2D eigenvalue weighted by Gasteiger charge is 2.15. The Labute approximate surface area is 160 Å². The molecular weight excluding hydrogens is 373 g/mol. The number of ether oxygens (including phenoxy) is 2. The SMILES string of the molecule is CCCCC/C=C/C(=O)Oc1ccc(C(=O)Oc2cc(F)c(F)c(F)c2)cc1. The molecule has 2 aromatic carbocycles. The lowest BCUT2D eigenvalue weighted by Gasteiger charge is -2.06. The van der Waals surface area contributed by atoms with Crippen molar-refractivity contribution in [2.75, 3.05) is 0 Å². The van der Waals surface area contributed by atoms with E-state index in [1.54, 1.807) is 6.08 Å². The first kappa shape index (κ1) is 21.2. The van der Waals surface area contributed by atoms with Gasteiger partial charge in [-0.25, -0.2) is 22.8 Å². The van der Waals surface area contributed by atoms with Gasteiger partial charge in [-0.05, 0) is 37.1 Å². The summed E-state index contributed by atoms with van der Waals surface area (Å²) in [5.74, 6) is -6.27. The van der Waals surface area contributed by atoms with Crippen LogP contribution in [0.1, 0.15) is 43.0 Å². The fourth-order valence-corrected chi connectivity index (χ4v) is 2.26. The molecule has 0 amide bonds. The van der Waals surface area contributed by atoms with Crippen LogP contribution in [0.3, 0.4) is 0 Å². The van der Waals surface area contributed by atoms with Crippen LogP contribution in [0.25, 0.3) is 0 Å². The molecule has 4 nitrogen and oxygen atoms in total. The van der Waals surface area contributed by atoms with Gasteiger partial charge in [0.05, 0.1) is 5.56 Å². The molecule has 0 aliphatic heterocycles. The summed E-state index contributed by atoms with van der Waals surface area (Å²) in [4.78, 5) is 23.7. The fraction of sp³-hybridized carbons (Fsp3) is 0.238. The maximum Gasteiger partial charge on any atom is 0.343 e. The molecule has 0 saturated heterocycles. The molecule has 7 heteroatoms. The van der Waals surface area contributed by atoms with E-state index in [1.807, 2.05) is 0 Å². The van der Waals surface area contributed by atoms with Crippen molar-refractivity contribution in [2.24, 2.45) is 0 Å². The predicted octanol–water partition coefficient (Wildman–Crippen LogP) is 5.37. The number of halogens is 3. The summed E-state index contributed by atoms with van der Waals surface area (Å²) >= 11 is 0. The monoisotopic (exact) mass is 392 g/mol. The topological polar surface area (TPSA) is 52.6 Å². The molecule has 0 fully saturated rings. The summed E-state index contributed by atoms with van der Waals surface area (Å²) < 4.78 is 49.1. The molecule has 148 valence electrons. The van der Waals surface area contributed by atoms with E-state index < -0.39 is 35.1 Å². The standard InChI is InChI=1S/C21H19F3O4/c1-2-3-4-5-6-7-19(25)27-15-10-8-14(9-11-15)21(26)28-16-12-17(22)20(24)18(23)13-16/h6-13H,2-5H2,1H3/b7-6+. The van der Waals surface area contributed by atoms with Crippen molar-refractivity contribution in [3.05, 3.63) is 71.6 Å². The van der Waals surface area contributed by atoms with Crippen LogP contribution in [0.15, 0.2) is 48.6 Å². The quantitative estimate of drug-likeness (QED) is 0.199. The van der Waals surface area contributed by atoms with E-state index in [-0.39, 0.29) is 11.3 Å². The summed E-state index contributed by atoms with van der Waals surface area (Å²) in [5, 5.41) is 0. The summed E-state index contributed by atoms with van der Waals surface area (Å²) in [5.41, 5.74) is 0.0556. The molecule has 0 aliphatic rings. The van der Waals surface area contributed by atoms with Crippen molar-refractivity contribution in [2.45, 2.75) is 32.6 Å². The van der Waals surface area contributed by atoms with Gasteiger partial charge < -0.3 is 9.47 Å². The molecule has 0 unspecified atom stereocenters. The van der Waals surface area contributed by atoms with Crippen LogP contribution in [-0.2, 0) is 4.79 Å². The van der Waals surface area contributed by atoms with Crippen LogP contribution in [0.4, 0.5) is 13.2 Å². The summed E-state index contributed by atoms with van der Waals surface area (Å²) in [7, 11) is 0. The van der Waals surface area contributed by atoms with Gasteiger partial charge in [0.25, 0.3) is 0 Å². The van der Waals surface area contributed by atoms with Gasteiger partial charge in [-0.15, -0.1) is 0 Å². The number of hydrogen-bond acceptors (Lipinski definition) is 4. The number of benzene rings is 2. The summed E-state index contributed by atoms with van der Waals surface area (Å²) in [6, 6.07) is 6.55. The van der Waals surface area contributed by atoms with E-state index in [9.17, 15) is 22.8 Å². The second-order valence-electron chi connectivity index (χ2n) is 5.93. The number of carbonyl (C=O) groups is 2. The molecular formula is C21H19F3O4. The van der Waals surface area contributed by atoms with E-state index in [2.05, 4.69) is 6.92 Å². The molecule has 0 aromatic heterocycles. The van der Waals surface area contributed by atoms with Gasteiger partial charge in [-0.1, -0.05) is 25.8 Å². The van der Waals surface area contributed by atoms with Gasteiger partial charge in [0.2, 0.25) is 0 Å². The van der Waals surface area contributed by atoms with E-state index in [1.165, 1.54) is 30.3 Å². The lowest BCUT2D eigenvalue weighted by molar-refractivity contribution is -0.129. The Morgan fingerprint density at radius 1 is 0.929 bits per heavy atom. The Kier molecular flexibility index (Phi) is 7.80. The Morgan fingerprint density at radius 3 is 2.18 bits per heavy atom. The maximum absolute atomic E-state index is 13.2. The number of rotatable bonds is 8. The molecule has 2 aromatic rings. The fourth-order valence-electron chi connectivity index (χ4n) is 2.26. The van der Waals surface area contributed by atoms with Gasteiger partial charge in [0, 0.05) is 18.2 Å². The molecule has 0 aliphatic carbocycles. The van der Waals surface area contributed by atoms with E-state index in [0.29, 0.717) is 12.1 Å². The van der Waals surface area contributed by atoms with Crippen molar-refractivity contribution in [1.82, 2.24) is 0 Å². The number of unbranched alkanes of at least 4 members (excludes halogenated alkanes) is 3. The first-order chi connectivity index (χ1) is 13.4. The molecule has 0 spiro atoms. The third-order valence-corrected chi connectivity index (χ3v) is 3.70. The third kappa shape index (κ3) is 6.26. The molecule has 0 radical (unpaired) electrons. The average molecular weight is 392 g/mol. The highest BCUT2D eigenvalue weighted by molar-refractivity contribution is 5.91. The smallest absolute Gasteiger partial charge is 0.343 e. The van der Waals surface area contributed by atoms with Gasteiger partial charge in [-0.3, -0.25) is 0 Å². The van der Waals surface area contributed by atoms with E-state index >= 15 is 0 Å². The largest absolute Gasteiger partial charge is 0.423 e. The van der Waals surface area contributed by atoms with Crippen LogP contribution >= 0.6 is 0 Å². The Hall–Kier alpha value is -3.09. The maximum atomic E-state index is 13.2. The van der Waals surface area contributed by atoms with Gasteiger partial charge in [-0.2, -0.15) is 0 Å². The number of hydrogen-bond donors (Lipinski definition) is 0. The molecule has 2 rings (SSSR count). The highest BCUT2D eigenvalue weighted by Crippen LogP contribution is 2.21. The van der Waals surface area contributed by atoms with Crippen molar-refractivity contribution in [3.8, 4) is 11.5 Å². The molecule has 28 heavy (non-hydrogen) atoms. The minimum absolute atomic E-state index is 0.0556. The number of allylic oxidation sites excluding steroid dienone is 1. The van der Waals surface area contributed by atoms with Crippen LogP contribution < -0.4 is 9.47 Å². The van der Waals surface area contributed by atoms with E-state index in [4.69, 9.17) is 9.47 Å². The molecule has 0 saturated carbocycles. The lowest BCUT2D eigenvalue weighted by Crippen LogP contribution is -2.10. The molecule has 0 atom stereocenters. The second kappa shape index (κ2) is 10.3. The lowest BCUT2D eigenvalue weighted by atomic mass is 10.2. The van der Waals surface area contributed by atoms with Crippen molar-refractivity contribution < 1.29 is 32.2 Å². The van der Waals surface area contributed by atoms with Crippen molar-refractivity contribution in [3.63, 3.8) is 0 Å². The third-order valence-electron chi connectivity index (χ3n) is 3.70. The summed E-state index contributed by atoms with van der Waals surface area (Å²) in [6.45, 7) is 2.09. The predicted molar refractivity (Wildman–Crippen MR) is 96.6 cm³/mol. The van der Waals surface area contributed by atoms with Crippen molar-refractivity contribution >= 4 is 11.9 Å². The van der Waals surface area contributed by atoms with Gasteiger partial charge in [0.1, 0.15) is 11.5 Å². The van der Waals surface area contributed by atoms with Crippen molar-refractivity contribution in [1.29, 1.82) is 0 Å². The number of esters is 2. The normalized spacial score (nSPS) is 10.9. The number of carbonyl (C=O) groups excluding carboxylic acids is 2. The van der Waals surface area contributed by atoms with Crippen LogP contribution in [-0.4, -0.2) is 11.9 Å². The van der Waals surface area contributed by atoms with Crippen LogP contribution in [0.2, 0.25) is 0 Å². The average Bonchev–Trinajstić information content (AvgIpc) is 2.66. The van der Waals surface area contributed by atoms with Crippen LogP contribution in [0.5, 0.6) is 11.5 Å².